The number of aryl methyl sites for hydroxylation is 1. The number of nitrogens with two attached hydrogens (primary N) is 1. The van der Waals surface area contributed by atoms with Crippen molar-refractivity contribution in [2.75, 3.05) is 6.54 Å². The predicted molar refractivity (Wildman–Crippen MR) is 107 cm³/mol. The smallest absolute Gasteiger partial charge is 0.244 e. The quantitative estimate of drug-likeness (QED) is 0.838. The van der Waals surface area contributed by atoms with Crippen LogP contribution in [0.2, 0.25) is 0 Å². The summed E-state index contributed by atoms with van der Waals surface area (Å²) in [6, 6.07) is 11.3. The molecule has 2 N–H and O–H groups in total. The van der Waals surface area contributed by atoms with Crippen molar-refractivity contribution in [1.29, 1.82) is 0 Å². The lowest BCUT2D eigenvalue weighted by atomic mass is 9.86. The molecule has 0 aromatic heterocycles. The summed E-state index contributed by atoms with van der Waals surface area (Å²) in [5, 5.41) is 6.32. The summed E-state index contributed by atoms with van der Waals surface area (Å²) in [6.07, 6.45) is 3.33. The van der Waals surface area contributed by atoms with Crippen molar-refractivity contribution in [2.24, 2.45) is 10.8 Å². The SMILES string of the molecule is NCCCC(=O)N1N=C(c2cc(F)ccc2F)SC12CCCc1ccccc12. The molecule has 1 spiro atoms. The lowest BCUT2D eigenvalue weighted by Gasteiger charge is -2.40. The Hall–Kier alpha value is -2.25. The van der Waals surface area contributed by atoms with Crippen molar-refractivity contribution in [1.82, 2.24) is 5.01 Å². The predicted octanol–water partition coefficient (Wildman–Crippen LogP) is 4.13. The Bertz CT molecular complexity index is 949. The van der Waals surface area contributed by atoms with Crippen molar-refractivity contribution in [2.45, 2.75) is 37.0 Å². The van der Waals surface area contributed by atoms with Crippen molar-refractivity contribution >= 4 is 22.7 Å². The molecule has 1 heterocycles. The zero-order valence-corrected chi connectivity index (χ0v) is 16.1. The van der Waals surface area contributed by atoms with E-state index in [1.165, 1.54) is 16.8 Å². The van der Waals surface area contributed by atoms with E-state index in [1.807, 2.05) is 18.2 Å². The van der Waals surface area contributed by atoms with E-state index in [1.54, 1.807) is 0 Å². The number of hydrogen-bond donors (Lipinski definition) is 1. The normalized spacial score (nSPS) is 21.0. The van der Waals surface area contributed by atoms with Crippen molar-refractivity contribution in [3.63, 3.8) is 0 Å². The fraction of sp³-hybridized carbons (Fsp3) is 0.333. The lowest BCUT2D eigenvalue weighted by Crippen LogP contribution is -2.43. The van der Waals surface area contributed by atoms with Crippen LogP contribution in [-0.4, -0.2) is 22.5 Å². The molecule has 0 saturated carbocycles. The van der Waals surface area contributed by atoms with Crippen LogP contribution < -0.4 is 5.73 Å². The number of amides is 1. The zero-order chi connectivity index (χ0) is 19.7. The third-order valence-corrected chi connectivity index (χ3v) is 6.62. The minimum absolute atomic E-state index is 0.0848. The third-order valence-electron chi connectivity index (χ3n) is 5.19. The lowest BCUT2D eigenvalue weighted by molar-refractivity contribution is -0.135. The van der Waals surface area contributed by atoms with Crippen LogP contribution in [0, 0.1) is 11.6 Å². The molecular formula is C21H21F2N3OS. The number of hydrazone groups is 1. The molecule has 4 rings (SSSR count). The summed E-state index contributed by atoms with van der Waals surface area (Å²) in [5.74, 6) is -1.24. The van der Waals surface area contributed by atoms with Crippen molar-refractivity contribution < 1.29 is 13.6 Å². The maximum absolute atomic E-state index is 14.4. The highest BCUT2D eigenvalue weighted by molar-refractivity contribution is 8.15. The van der Waals surface area contributed by atoms with Crippen LogP contribution >= 0.6 is 11.8 Å². The van der Waals surface area contributed by atoms with Gasteiger partial charge in [0.1, 0.15) is 21.5 Å². The molecule has 1 unspecified atom stereocenters. The van der Waals surface area contributed by atoms with E-state index in [4.69, 9.17) is 5.73 Å². The summed E-state index contributed by atoms with van der Waals surface area (Å²) >= 11 is 1.34. The maximum atomic E-state index is 14.4. The molecular weight excluding hydrogens is 380 g/mol. The van der Waals surface area contributed by atoms with Crippen LogP contribution in [0.5, 0.6) is 0 Å². The fourth-order valence-electron chi connectivity index (χ4n) is 3.88. The van der Waals surface area contributed by atoms with Gasteiger partial charge in [0.2, 0.25) is 5.91 Å². The van der Waals surface area contributed by atoms with Crippen molar-refractivity contribution in [3.8, 4) is 0 Å². The Labute approximate surface area is 166 Å². The third kappa shape index (κ3) is 3.22. The molecule has 146 valence electrons. The van der Waals surface area contributed by atoms with E-state index in [2.05, 4.69) is 11.2 Å². The minimum Gasteiger partial charge on any atom is -0.330 e. The average Bonchev–Trinajstić information content (AvgIpc) is 3.08. The second-order valence-electron chi connectivity index (χ2n) is 7.02. The number of fused-ring (bicyclic) bond motifs is 2. The fourth-order valence-corrected chi connectivity index (χ4v) is 5.37. The van der Waals surface area contributed by atoms with E-state index in [0.717, 1.165) is 42.2 Å². The topological polar surface area (TPSA) is 58.7 Å². The molecule has 1 amide bonds. The highest BCUT2D eigenvalue weighted by Crippen LogP contribution is 2.53. The number of carbonyl (C=O) groups is 1. The Balaban J connectivity index is 1.81. The minimum atomic E-state index is -0.728. The Morgan fingerprint density at radius 2 is 2.07 bits per heavy atom. The van der Waals surface area contributed by atoms with E-state index in [0.29, 0.717) is 24.4 Å². The monoisotopic (exact) mass is 401 g/mol. The van der Waals surface area contributed by atoms with E-state index >= 15 is 0 Å². The van der Waals surface area contributed by atoms with Crippen LogP contribution in [0.15, 0.2) is 47.6 Å². The summed E-state index contributed by atoms with van der Waals surface area (Å²) in [6.45, 7) is 0.408. The zero-order valence-electron chi connectivity index (χ0n) is 15.3. The molecule has 1 atom stereocenters. The second kappa shape index (κ2) is 7.64. The molecule has 2 aromatic carbocycles. The summed E-state index contributed by atoms with van der Waals surface area (Å²) in [4.78, 5) is 12.3. The first-order valence-electron chi connectivity index (χ1n) is 9.40. The van der Waals surface area contributed by atoms with Gasteiger partial charge in [-0.05, 0) is 61.6 Å². The Morgan fingerprint density at radius 3 is 2.89 bits per heavy atom. The van der Waals surface area contributed by atoms with Crippen molar-refractivity contribution in [3.05, 3.63) is 70.8 Å². The number of rotatable bonds is 4. The van der Waals surface area contributed by atoms with Gasteiger partial charge in [0.15, 0.2) is 0 Å². The molecule has 28 heavy (non-hydrogen) atoms. The first kappa shape index (κ1) is 19.1. The summed E-state index contributed by atoms with van der Waals surface area (Å²) < 4.78 is 28.2. The van der Waals surface area contributed by atoms with Gasteiger partial charge in [0, 0.05) is 12.0 Å². The van der Waals surface area contributed by atoms with E-state index < -0.39 is 16.5 Å². The second-order valence-corrected chi connectivity index (χ2v) is 8.29. The van der Waals surface area contributed by atoms with Gasteiger partial charge in [-0.3, -0.25) is 4.79 Å². The number of nitrogens with zero attached hydrogens (tertiary/aromatic N) is 2. The van der Waals surface area contributed by atoms with Crippen LogP contribution in [0.1, 0.15) is 42.4 Å². The Kier molecular flexibility index (Phi) is 5.21. The molecule has 0 saturated heterocycles. The molecule has 0 radical (unpaired) electrons. The number of halogens is 2. The molecule has 4 nitrogen and oxygen atoms in total. The first-order valence-corrected chi connectivity index (χ1v) is 10.2. The van der Waals surface area contributed by atoms with Gasteiger partial charge in [0.25, 0.3) is 0 Å². The molecule has 2 aromatic rings. The molecule has 1 aliphatic carbocycles. The van der Waals surface area contributed by atoms with Crippen LogP contribution in [0.25, 0.3) is 0 Å². The van der Waals surface area contributed by atoms with Crippen LogP contribution in [0.3, 0.4) is 0 Å². The molecule has 0 bridgehead atoms. The highest BCUT2D eigenvalue weighted by atomic mass is 32.2. The van der Waals surface area contributed by atoms with Gasteiger partial charge in [-0.2, -0.15) is 5.10 Å². The van der Waals surface area contributed by atoms with Gasteiger partial charge < -0.3 is 5.73 Å². The van der Waals surface area contributed by atoms with Gasteiger partial charge in [-0.25, -0.2) is 13.8 Å². The highest BCUT2D eigenvalue weighted by Gasteiger charge is 2.50. The van der Waals surface area contributed by atoms with Gasteiger partial charge >= 0.3 is 0 Å². The van der Waals surface area contributed by atoms with E-state index in [-0.39, 0.29) is 17.9 Å². The maximum Gasteiger partial charge on any atom is 0.244 e. The van der Waals surface area contributed by atoms with Gasteiger partial charge in [-0.15, -0.1) is 0 Å². The Morgan fingerprint density at radius 1 is 1.25 bits per heavy atom. The number of hydrogen-bond acceptors (Lipinski definition) is 4. The number of benzene rings is 2. The molecule has 1 aliphatic heterocycles. The standard InChI is InChI=1S/C21H21F2N3OS/c22-15-9-10-18(23)16(13-15)20-25-26(19(27)8-4-12-24)21(28-20)11-3-6-14-5-1-2-7-17(14)21/h1-2,5,7,9-10,13H,3-4,6,8,11-12,24H2. The van der Waals surface area contributed by atoms with Crippen LogP contribution in [0.4, 0.5) is 8.78 Å². The molecule has 0 fully saturated rings. The summed E-state index contributed by atoms with van der Waals surface area (Å²) in [5.41, 5.74) is 7.84. The van der Waals surface area contributed by atoms with Gasteiger partial charge in [0.05, 0.1) is 0 Å². The summed E-state index contributed by atoms with van der Waals surface area (Å²) in [7, 11) is 0. The molecule has 2 aliphatic rings. The average molecular weight is 401 g/mol. The number of thioether (sulfide) groups is 1. The first-order chi connectivity index (χ1) is 13.5. The molecule has 7 heteroatoms. The largest absolute Gasteiger partial charge is 0.330 e. The number of carbonyl (C=O) groups excluding carboxylic acids is 1. The van der Waals surface area contributed by atoms with Gasteiger partial charge in [-0.1, -0.05) is 36.0 Å². The van der Waals surface area contributed by atoms with Crippen LogP contribution in [-0.2, 0) is 16.1 Å². The van der Waals surface area contributed by atoms with E-state index in [9.17, 15) is 13.6 Å².